The average molecular weight is 675 g/mol. The third-order valence-corrected chi connectivity index (χ3v) is 8.32. The SMILES string of the molecule is CCCOc1cc(S(=O)(=O)O)c2cc(N=Nc3ccc(N=Nc4ccc5cc(NC(=O)c6ccc(N)cc6)ccc5c4O)cc3)ccc2c1. The molecule has 12 nitrogen and oxygen atoms in total. The number of nitrogens with two attached hydrogens (primary N) is 1. The van der Waals surface area contributed by atoms with Crippen LogP contribution in [-0.2, 0) is 10.1 Å². The molecular formula is C36H30N6O6S. The van der Waals surface area contributed by atoms with E-state index >= 15 is 0 Å². The lowest BCUT2D eigenvalue weighted by Crippen LogP contribution is -2.11. The standard InChI is InChI=1S/C36H30N6O6S/c1-2-17-48-30-19-24-5-9-29(20-32(24)34(21-30)49(45,46)47)41-39-26-10-12-27(13-11-26)40-42-33-16-6-23-18-28(14-15-31(23)35(33)43)38-36(44)22-3-7-25(37)8-4-22/h3-16,18-21,43H,2,17,37H2,1H3,(H,38,44)(H,45,46,47). The number of nitrogens with one attached hydrogen (secondary N) is 1. The maximum Gasteiger partial charge on any atom is 0.295 e. The number of carbonyl (C=O) groups is 1. The second-order valence-corrected chi connectivity index (χ2v) is 12.4. The summed E-state index contributed by atoms with van der Waals surface area (Å²) < 4.78 is 39.6. The lowest BCUT2D eigenvalue weighted by molar-refractivity contribution is 0.102. The minimum atomic E-state index is -4.52. The monoisotopic (exact) mass is 674 g/mol. The molecule has 13 heteroatoms. The summed E-state index contributed by atoms with van der Waals surface area (Å²) in [4.78, 5) is 12.3. The summed E-state index contributed by atoms with van der Waals surface area (Å²) in [5.74, 6) is 0.00774. The molecule has 0 aliphatic rings. The first-order valence-corrected chi connectivity index (χ1v) is 16.6. The van der Waals surface area contributed by atoms with Gasteiger partial charge in [-0.2, -0.15) is 23.8 Å². The minimum Gasteiger partial charge on any atom is -0.505 e. The summed E-state index contributed by atoms with van der Waals surface area (Å²) in [6, 6.07) is 29.8. The van der Waals surface area contributed by atoms with Gasteiger partial charge in [-0.3, -0.25) is 9.35 Å². The lowest BCUT2D eigenvalue weighted by Gasteiger charge is -2.10. The van der Waals surface area contributed by atoms with Crippen molar-refractivity contribution in [3.63, 3.8) is 0 Å². The van der Waals surface area contributed by atoms with E-state index in [0.717, 1.165) is 6.42 Å². The molecule has 0 unspecified atom stereocenters. The highest BCUT2D eigenvalue weighted by Gasteiger charge is 2.17. The number of azo groups is 2. The van der Waals surface area contributed by atoms with Crippen molar-refractivity contribution in [2.24, 2.45) is 20.5 Å². The first kappa shape index (κ1) is 32.7. The molecule has 0 radical (unpaired) electrons. The Morgan fingerprint density at radius 1 is 0.755 bits per heavy atom. The molecule has 0 aliphatic heterocycles. The number of phenolic OH excluding ortho intramolecular Hbond substituents is 1. The van der Waals surface area contributed by atoms with Crippen molar-refractivity contribution >= 4 is 71.7 Å². The van der Waals surface area contributed by atoms with E-state index in [1.165, 1.54) is 12.1 Å². The van der Waals surface area contributed by atoms with Gasteiger partial charge in [-0.25, -0.2) is 0 Å². The Balaban J connectivity index is 1.15. The number of ether oxygens (including phenoxy) is 1. The van der Waals surface area contributed by atoms with E-state index in [1.54, 1.807) is 97.1 Å². The van der Waals surface area contributed by atoms with Gasteiger partial charge in [0.1, 0.15) is 16.3 Å². The molecule has 6 rings (SSSR count). The van der Waals surface area contributed by atoms with Gasteiger partial charge < -0.3 is 20.9 Å². The van der Waals surface area contributed by atoms with Crippen molar-refractivity contribution in [2.45, 2.75) is 18.2 Å². The molecule has 0 heterocycles. The zero-order chi connectivity index (χ0) is 34.5. The van der Waals surface area contributed by atoms with Crippen molar-refractivity contribution in [2.75, 3.05) is 17.7 Å². The molecule has 6 aromatic rings. The number of nitrogens with zero attached hydrogens (tertiary/aromatic N) is 4. The number of rotatable bonds is 10. The number of hydrogen-bond donors (Lipinski definition) is 4. The molecular weight excluding hydrogens is 644 g/mol. The van der Waals surface area contributed by atoms with E-state index in [2.05, 4.69) is 25.8 Å². The zero-order valence-corrected chi connectivity index (χ0v) is 26.9. The second kappa shape index (κ2) is 13.9. The van der Waals surface area contributed by atoms with E-state index in [9.17, 15) is 22.9 Å². The number of anilines is 2. The Morgan fingerprint density at radius 3 is 2.08 bits per heavy atom. The van der Waals surface area contributed by atoms with Crippen LogP contribution in [0.3, 0.4) is 0 Å². The van der Waals surface area contributed by atoms with Gasteiger partial charge in [0.25, 0.3) is 16.0 Å². The molecule has 0 saturated carbocycles. The van der Waals surface area contributed by atoms with Crippen LogP contribution in [0.5, 0.6) is 11.5 Å². The predicted octanol–water partition coefficient (Wildman–Crippen LogP) is 9.40. The molecule has 49 heavy (non-hydrogen) atoms. The number of carbonyl (C=O) groups excluding carboxylic acids is 1. The van der Waals surface area contributed by atoms with Crippen LogP contribution >= 0.6 is 0 Å². The summed E-state index contributed by atoms with van der Waals surface area (Å²) in [5.41, 5.74) is 8.95. The van der Waals surface area contributed by atoms with Crippen LogP contribution in [0, 0.1) is 0 Å². The molecule has 0 bridgehead atoms. The molecule has 0 spiro atoms. The zero-order valence-electron chi connectivity index (χ0n) is 26.1. The molecule has 1 amide bonds. The number of aromatic hydroxyl groups is 1. The van der Waals surface area contributed by atoms with Crippen LogP contribution in [0.4, 0.5) is 34.1 Å². The first-order valence-electron chi connectivity index (χ1n) is 15.1. The number of hydrogen-bond acceptors (Lipinski definition) is 10. The Hall–Kier alpha value is -6.18. The molecule has 246 valence electrons. The van der Waals surface area contributed by atoms with Gasteiger partial charge in [0.05, 0.1) is 23.7 Å². The van der Waals surface area contributed by atoms with Crippen LogP contribution in [0.15, 0.2) is 135 Å². The molecule has 0 aliphatic carbocycles. The van der Waals surface area contributed by atoms with Crippen molar-refractivity contribution in [1.29, 1.82) is 0 Å². The van der Waals surface area contributed by atoms with Gasteiger partial charge in [-0.05, 0) is 108 Å². The van der Waals surface area contributed by atoms with E-state index in [-0.39, 0.29) is 27.6 Å². The van der Waals surface area contributed by atoms with Crippen molar-refractivity contribution in [1.82, 2.24) is 0 Å². The van der Waals surface area contributed by atoms with Crippen LogP contribution < -0.4 is 15.8 Å². The van der Waals surface area contributed by atoms with Crippen molar-refractivity contribution in [3.05, 3.63) is 115 Å². The highest BCUT2D eigenvalue weighted by Crippen LogP contribution is 2.37. The Labute approximate surface area is 281 Å². The van der Waals surface area contributed by atoms with Gasteiger partial charge in [-0.15, -0.1) is 5.11 Å². The summed E-state index contributed by atoms with van der Waals surface area (Å²) in [5, 5.41) is 32.7. The molecule has 6 aromatic carbocycles. The van der Waals surface area contributed by atoms with Gasteiger partial charge in [-0.1, -0.05) is 19.1 Å². The predicted molar refractivity (Wildman–Crippen MR) is 189 cm³/mol. The van der Waals surface area contributed by atoms with Crippen molar-refractivity contribution < 1.29 is 27.6 Å². The van der Waals surface area contributed by atoms with Gasteiger partial charge in [0, 0.05) is 33.8 Å². The summed E-state index contributed by atoms with van der Waals surface area (Å²) in [6.07, 6.45) is 0.745. The molecule has 0 atom stereocenters. The number of fused-ring (bicyclic) bond motifs is 2. The number of nitrogen functional groups attached to an aromatic ring is 1. The van der Waals surface area contributed by atoms with E-state index in [4.69, 9.17) is 10.5 Å². The fourth-order valence-electron chi connectivity index (χ4n) is 4.98. The largest absolute Gasteiger partial charge is 0.505 e. The summed E-state index contributed by atoms with van der Waals surface area (Å²) in [6.45, 7) is 2.34. The molecule has 0 fully saturated rings. The van der Waals surface area contributed by atoms with E-state index in [1.807, 2.05) is 6.92 Å². The number of benzene rings is 6. The molecule has 0 aromatic heterocycles. The summed E-state index contributed by atoms with van der Waals surface area (Å²) in [7, 11) is -4.52. The minimum absolute atomic E-state index is 0.0552. The fraction of sp³-hybridized carbons (Fsp3) is 0.0833. The van der Waals surface area contributed by atoms with E-state index < -0.39 is 10.1 Å². The smallest absolute Gasteiger partial charge is 0.295 e. The second-order valence-electron chi connectivity index (χ2n) is 11.0. The molecule has 5 N–H and O–H groups in total. The van der Waals surface area contributed by atoms with Crippen molar-refractivity contribution in [3.8, 4) is 11.5 Å². The highest BCUT2D eigenvalue weighted by molar-refractivity contribution is 7.86. The van der Waals surface area contributed by atoms with Gasteiger partial charge >= 0.3 is 0 Å². The Morgan fingerprint density at radius 2 is 1.39 bits per heavy atom. The Kier molecular flexibility index (Phi) is 9.29. The first-order chi connectivity index (χ1) is 23.6. The fourth-order valence-corrected chi connectivity index (χ4v) is 5.70. The Bertz CT molecular complexity index is 2360. The molecule has 0 saturated heterocycles. The number of phenols is 1. The average Bonchev–Trinajstić information content (AvgIpc) is 3.09. The third-order valence-electron chi connectivity index (χ3n) is 7.43. The third kappa shape index (κ3) is 7.70. The highest BCUT2D eigenvalue weighted by atomic mass is 32.2. The maximum absolute atomic E-state index is 12.6. The quantitative estimate of drug-likeness (QED) is 0.0632. The topological polar surface area (TPSA) is 188 Å². The normalized spacial score (nSPS) is 11.9. The summed E-state index contributed by atoms with van der Waals surface area (Å²) >= 11 is 0. The van der Waals surface area contributed by atoms with E-state index in [0.29, 0.717) is 62.5 Å². The van der Waals surface area contributed by atoms with Gasteiger partial charge in [0.2, 0.25) is 0 Å². The van der Waals surface area contributed by atoms with Crippen LogP contribution in [0.1, 0.15) is 23.7 Å². The van der Waals surface area contributed by atoms with Crippen LogP contribution in [0.25, 0.3) is 21.5 Å². The van der Waals surface area contributed by atoms with Crippen LogP contribution in [0.2, 0.25) is 0 Å². The number of amides is 1. The van der Waals surface area contributed by atoms with Gasteiger partial charge in [0.15, 0.2) is 5.75 Å². The lowest BCUT2D eigenvalue weighted by atomic mass is 10.1. The maximum atomic E-state index is 12.6. The van der Waals surface area contributed by atoms with Crippen LogP contribution in [-0.4, -0.2) is 30.6 Å².